The highest BCUT2D eigenvalue weighted by molar-refractivity contribution is 6.31. The molecule has 4 heteroatoms. The molecule has 2 unspecified atom stereocenters. The van der Waals surface area contributed by atoms with Crippen LogP contribution in [-0.2, 0) is 0 Å². The van der Waals surface area contributed by atoms with Crippen LogP contribution in [0.25, 0.3) is 0 Å². The molecule has 1 aliphatic carbocycles. The lowest BCUT2D eigenvalue weighted by atomic mass is 9.83. The Kier molecular flexibility index (Phi) is 4.33. The highest BCUT2D eigenvalue weighted by atomic mass is 35.5. The van der Waals surface area contributed by atoms with Gasteiger partial charge in [0.25, 0.3) is 0 Å². The molecule has 0 heterocycles. The van der Waals surface area contributed by atoms with Gasteiger partial charge in [0.2, 0.25) is 0 Å². The van der Waals surface area contributed by atoms with E-state index in [9.17, 15) is 4.39 Å². The Hall–Kier alpha value is -0.960. The van der Waals surface area contributed by atoms with Crippen molar-refractivity contribution < 1.29 is 4.39 Å². The first-order valence-corrected chi connectivity index (χ1v) is 7.00. The average Bonchev–Trinajstić information content (AvgIpc) is 2.36. The molecule has 0 bridgehead atoms. The minimum absolute atomic E-state index is 0.0775. The maximum atomic E-state index is 13.5. The fourth-order valence-electron chi connectivity index (χ4n) is 2.77. The summed E-state index contributed by atoms with van der Waals surface area (Å²) in [5.74, 6) is 0.231. The Bertz CT molecular complexity index is 423. The van der Waals surface area contributed by atoms with Gasteiger partial charge < -0.3 is 11.1 Å². The molecule has 2 rings (SSSR count). The van der Waals surface area contributed by atoms with E-state index in [0.29, 0.717) is 23.3 Å². The zero-order chi connectivity index (χ0) is 13.1. The van der Waals surface area contributed by atoms with Crippen molar-refractivity contribution in [1.82, 2.24) is 0 Å². The Morgan fingerprint density at radius 2 is 2.11 bits per heavy atom. The second-order valence-electron chi connectivity index (χ2n) is 5.06. The molecule has 0 spiro atoms. The number of hydrogen-bond acceptors (Lipinski definition) is 2. The topological polar surface area (TPSA) is 38.0 Å². The van der Waals surface area contributed by atoms with Crippen molar-refractivity contribution in [3.8, 4) is 0 Å². The van der Waals surface area contributed by atoms with Crippen molar-refractivity contribution >= 4 is 23.0 Å². The van der Waals surface area contributed by atoms with E-state index in [1.807, 2.05) is 0 Å². The molecule has 1 aromatic carbocycles. The molecule has 100 valence electrons. The van der Waals surface area contributed by atoms with Crippen LogP contribution in [0.15, 0.2) is 12.1 Å². The van der Waals surface area contributed by atoms with Crippen LogP contribution in [0.4, 0.5) is 15.8 Å². The van der Waals surface area contributed by atoms with Gasteiger partial charge >= 0.3 is 0 Å². The van der Waals surface area contributed by atoms with Gasteiger partial charge in [-0.25, -0.2) is 4.39 Å². The molecule has 1 saturated carbocycles. The van der Waals surface area contributed by atoms with Crippen LogP contribution >= 0.6 is 11.6 Å². The van der Waals surface area contributed by atoms with E-state index in [1.54, 1.807) is 0 Å². The van der Waals surface area contributed by atoms with Crippen molar-refractivity contribution in [3.05, 3.63) is 23.0 Å². The van der Waals surface area contributed by atoms with Crippen LogP contribution in [0.2, 0.25) is 5.02 Å². The van der Waals surface area contributed by atoms with Crippen LogP contribution in [0.5, 0.6) is 0 Å². The van der Waals surface area contributed by atoms with Gasteiger partial charge in [0.15, 0.2) is 0 Å². The molecule has 0 radical (unpaired) electrons. The molecule has 0 amide bonds. The molecule has 0 aromatic heterocycles. The maximum absolute atomic E-state index is 13.5. The van der Waals surface area contributed by atoms with Gasteiger partial charge in [-0.05, 0) is 24.8 Å². The number of hydrogen-bond donors (Lipinski definition) is 2. The van der Waals surface area contributed by atoms with E-state index in [1.165, 1.54) is 31.4 Å². The number of nitrogens with one attached hydrogen (secondary N) is 1. The summed E-state index contributed by atoms with van der Waals surface area (Å²) in [4.78, 5) is 0. The van der Waals surface area contributed by atoms with E-state index in [4.69, 9.17) is 17.3 Å². The first-order valence-electron chi connectivity index (χ1n) is 6.63. The monoisotopic (exact) mass is 270 g/mol. The Labute approximate surface area is 113 Å². The van der Waals surface area contributed by atoms with Crippen molar-refractivity contribution in [3.63, 3.8) is 0 Å². The third-order valence-corrected chi connectivity index (χ3v) is 4.16. The lowest BCUT2D eigenvalue weighted by Gasteiger charge is -2.32. The second-order valence-corrected chi connectivity index (χ2v) is 5.46. The molecular formula is C14H20ClFN2. The standard InChI is InChI=1S/C14H20ClFN2/c1-2-9-5-3-4-6-13(9)18-14-8-11(16)10(15)7-12(14)17/h7-9,13,18H,2-6,17H2,1H3. The van der Waals surface area contributed by atoms with Gasteiger partial charge in [0, 0.05) is 12.1 Å². The third-order valence-electron chi connectivity index (χ3n) is 3.87. The van der Waals surface area contributed by atoms with Gasteiger partial charge in [-0.15, -0.1) is 0 Å². The van der Waals surface area contributed by atoms with Gasteiger partial charge in [-0.2, -0.15) is 0 Å². The fraction of sp³-hybridized carbons (Fsp3) is 0.571. The Morgan fingerprint density at radius 1 is 1.39 bits per heavy atom. The summed E-state index contributed by atoms with van der Waals surface area (Å²) in [5.41, 5.74) is 7.07. The van der Waals surface area contributed by atoms with Crippen molar-refractivity contribution in [1.29, 1.82) is 0 Å². The SMILES string of the molecule is CCC1CCCCC1Nc1cc(F)c(Cl)cc1N. The molecule has 2 nitrogen and oxygen atoms in total. The Morgan fingerprint density at radius 3 is 2.83 bits per heavy atom. The molecule has 0 aliphatic heterocycles. The van der Waals surface area contributed by atoms with Crippen molar-refractivity contribution in [2.24, 2.45) is 5.92 Å². The first kappa shape index (κ1) is 13.5. The zero-order valence-electron chi connectivity index (χ0n) is 10.7. The van der Waals surface area contributed by atoms with Crippen molar-refractivity contribution in [2.75, 3.05) is 11.1 Å². The summed E-state index contributed by atoms with van der Waals surface area (Å²) in [6.07, 6.45) is 6.03. The number of rotatable bonds is 3. The quantitative estimate of drug-likeness (QED) is 0.797. The summed E-state index contributed by atoms with van der Waals surface area (Å²) in [6, 6.07) is 3.27. The van der Waals surface area contributed by atoms with E-state index >= 15 is 0 Å². The maximum Gasteiger partial charge on any atom is 0.143 e. The molecule has 1 aliphatic rings. The van der Waals surface area contributed by atoms with E-state index < -0.39 is 5.82 Å². The smallest absolute Gasteiger partial charge is 0.143 e. The largest absolute Gasteiger partial charge is 0.397 e. The van der Waals surface area contributed by atoms with Gasteiger partial charge in [0.1, 0.15) is 5.82 Å². The number of halogens is 2. The van der Waals surface area contributed by atoms with Crippen LogP contribution in [0, 0.1) is 11.7 Å². The van der Waals surface area contributed by atoms with E-state index in [2.05, 4.69) is 12.2 Å². The summed E-state index contributed by atoms with van der Waals surface area (Å²) in [5, 5.41) is 3.47. The molecule has 1 aromatic rings. The summed E-state index contributed by atoms with van der Waals surface area (Å²) in [7, 11) is 0. The summed E-state index contributed by atoms with van der Waals surface area (Å²) >= 11 is 5.70. The van der Waals surface area contributed by atoms with Crippen LogP contribution < -0.4 is 11.1 Å². The van der Waals surface area contributed by atoms with Gasteiger partial charge in [0.05, 0.1) is 16.4 Å². The highest BCUT2D eigenvalue weighted by Crippen LogP contribution is 2.32. The number of benzene rings is 1. The predicted molar refractivity (Wildman–Crippen MR) is 75.5 cm³/mol. The molecule has 0 saturated heterocycles. The zero-order valence-corrected chi connectivity index (χ0v) is 11.4. The molecule has 1 fully saturated rings. The second kappa shape index (κ2) is 5.79. The van der Waals surface area contributed by atoms with Crippen LogP contribution in [0.1, 0.15) is 39.0 Å². The molecular weight excluding hydrogens is 251 g/mol. The summed E-state index contributed by atoms with van der Waals surface area (Å²) in [6.45, 7) is 2.20. The van der Waals surface area contributed by atoms with Gasteiger partial charge in [-0.1, -0.05) is 37.8 Å². The van der Waals surface area contributed by atoms with Crippen LogP contribution in [-0.4, -0.2) is 6.04 Å². The van der Waals surface area contributed by atoms with E-state index in [0.717, 1.165) is 12.8 Å². The third kappa shape index (κ3) is 2.89. The average molecular weight is 271 g/mol. The van der Waals surface area contributed by atoms with E-state index in [-0.39, 0.29) is 5.02 Å². The molecule has 3 N–H and O–H groups in total. The molecule has 2 atom stereocenters. The minimum atomic E-state index is -0.419. The highest BCUT2D eigenvalue weighted by Gasteiger charge is 2.24. The lowest BCUT2D eigenvalue weighted by molar-refractivity contribution is 0.317. The molecule has 18 heavy (non-hydrogen) atoms. The lowest BCUT2D eigenvalue weighted by Crippen LogP contribution is -2.32. The predicted octanol–water partition coefficient (Wildman–Crippen LogP) is 4.44. The van der Waals surface area contributed by atoms with Gasteiger partial charge in [-0.3, -0.25) is 0 Å². The number of nitrogen functional groups attached to an aromatic ring is 1. The van der Waals surface area contributed by atoms with Crippen molar-refractivity contribution in [2.45, 2.75) is 45.1 Å². The summed E-state index contributed by atoms with van der Waals surface area (Å²) < 4.78 is 13.5. The minimum Gasteiger partial charge on any atom is -0.397 e. The Balaban J connectivity index is 2.15. The normalized spacial score (nSPS) is 23.9. The number of anilines is 2. The van der Waals surface area contributed by atoms with Crippen LogP contribution in [0.3, 0.4) is 0 Å². The fourth-order valence-corrected chi connectivity index (χ4v) is 2.95. The number of nitrogens with two attached hydrogens (primary N) is 1. The first-order chi connectivity index (χ1) is 8.61.